The average Bonchev–Trinajstić information content (AvgIpc) is 2.78. The quantitative estimate of drug-likeness (QED) is 0.763. The summed E-state index contributed by atoms with van der Waals surface area (Å²) in [5.74, 6) is 0.754. The van der Waals surface area contributed by atoms with Crippen molar-refractivity contribution in [2.75, 3.05) is 49.5 Å². The third-order valence-corrected chi connectivity index (χ3v) is 5.62. The van der Waals surface area contributed by atoms with E-state index in [1.165, 1.54) is 0 Å². The molecule has 0 radical (unpaired) electrons. The van der Waals surface area contributed by atoms with Crippen molar-refractivity contribution in [1.82, 2.24) is 4.90 Å². The summed E-state index contributed by atoms with van der Waals surface area (Å²) >= 11 is 0. The Morgan fingerprint density at radius 1 is 1.13 bits per heavy atom. The Morgan fingerprint density at radius 2 is 1.93 bits per heavy atom. The number of anilines is 2. The molecule has 2 N–H and O–H groups in total. The smallest absolute Gasteiger partial charge is 0.224 e. The van der Waals surface area contributed by atoms with Crippen molar-refractivity contribution in [3.8, 4) is 11.8 Å². The predicted octanol–water partition coefficient (Wildman–Crippen LogP) is 2.00. The number of ether oxygens (including phenoxy) is 1. The van der Waals surface area contributed by atoms with E-state index in [1.54, 1.807) is 0 Å². The normalized spacial score (nSPS) is 17.6. The first-order chi connectivity index (χ1) is 14.6. The molecule has 1 atom stereocenters. The number of nitrogens with one attached hydrogen (secondary N) is 1. The minimum Gasteiger partial charge on any atom is -0.491 e. The van der Waals surface area contributed by atoms with E-state index < -0.39 is 6.10 Å². The lowest BCUT2D eigenvalue weighted by molar-refractivity contribution is -0.116. The maximum atomic E-state index is 11.5. The second-order valence-electron chi connectivity index (χ2n) is 7.75. The van der Waals surface area contributed by atoms with Crippen molar-refractivity contribution >= 4 is 17.3 Å². The number of fused-ring (bicyclic) bond motifs is 1. The van der Waals surface area contributed by atoms with Crippen LogP contribution in [-0.4, -0.2) is 61.3 Å². The topological polar surface area (TPSA) is 88.8 Å². The number of carbonyl (C=O) groups is 1. The van der Waals surface area contributed by atoms with Gasteiger partial charge in [0.2, 0.25) is 5.91 Å². The number of aliphatic hydroxyl groups excluding tert-OH is 1. The lowest BCUT2D eigenvalue weighted by Crippen LogP contribution is -2.49. The number of nitriles is 1. The molecule has 1 saturated heterocycles. The van der Waals surface area contributed by atoms with E-state index >= 15 is 0 Å². The Balaban J connectivity index is 1.24. The summed E-state index contributed by atoms with van der Waals surface area (Å²) in [4.78, 5) is 15.9. The van der Waals surface area contributed by atoms with Gasteiger partial charge in [-0.05, 0) is 42.3 Å². The summed E-state index contributed by atoms with van der Waals surface area (Å²) < 4.78 is 5.79. The Hall–Kier alpha value is -3.08. The zero-order valence-electron chi connectivity index (χ0n) is 16.9. The third-order valence-electron chi connectivity index (χ3n) is 5.62. The number of para-hydroxylation sites is 1. The molecule has 7 heteroatoms. The van der Waals surface area contributed by atoms with Gasteiger partial charge in [-0.2, -0.15) is 5.26 Å². The van der Waals surface area contributed by atoms with Crippen molar-refractivity contribution in [3.05, 3.63) is 53.6 Å². The summed E-state index contributed by atoms with van der Waals surface area (Å²) in [6, 6.07) is 15.5. The van der Waals surface area contributed by atoms with E-state index in [-0.39, 0.29) is 12.5 Å². The Labute approximate surface area is 176 Å². The molecule has 1 fully saturated rings. The van der Waals surface area contributed by atoms with Crippen molar-refractivity contribution in [2.45, 2.75) is 18.9 Å². The van der Waals surface area contributed by atoms with Gasteiger partial charge >= 0.3 is 0 Å². The maximum absolute atomic E-state index is 11.5. The zero-order chi connectivity index (χ0) is 20.9. The van der Waals surface area contributed by atoms with Crippen molar-refractivity contribution in [2.24, 2.45) is 0 Å². The molecule has 0 saturated carbocycles. The van der Waals surface area contributed by atoms with Crippen molar-refractivity contribution < 1.29 is 14.6 Å². The number of aryl methyl sites for hydroxylation is 1. The van der Waals surface area contributed by atoms with Crippen LogP contribution in [0.15, 0.2) is 42.5 Å². The number of piperazine rings is 1. The van der Waals surface area contributed by atoms with Crippen LogP contribution in [0.4, 0.5) is 11.4 Å². The minimum atomic E-state index is -0.585. The van der Waals surface area contributed by atoms with Gasteiger partial charge in [0, 0.05) is 44.8 Å². The number of rotatable bonds is 6. The van der Waals surface area contributed by atoms with Gasteiger partial charge in [0.05, 0.1) is 11.3 Å². The van der Waals surface area contributed by atoms with Crippen LogP contribution in [-0.2, 0) is 11.2 Å². The molecule has 0 spiro atoms. The molecule has 0 bridgehead atoms. The summed E-state index contributed by atoms with van der Waals surface area (Å²) in [5.41, 5.74) is 3.58. The first-order valence-corrected chi connectivity index (χ1v) is 10.3. The molecular formula is C23H26N4O3. The molecular weight excluding hydrogens is 380 g/mol. The number of hydrogen-bond donors (Lipinski definition) is 2. The molecule has 156 valence electrons. The van der Waals surface area contributed by atoms with Crippen LogP contribution in [0.2, 0.25) is 0 Å². The van der Waals surface area contributed by atoms with Gasteiger partial charge in [-0.1, -0.05) is 12.1 Å². The third kappa shape index (κ3) is 4.73. The Bertz CT molecular complexity index is 948. The number of nitrogens with zero attached hydrogens (tertiary/aromatic N) is 3. The minimum absolute atomic E-state index is 0.0443. The molecule has 1 amide bonds. The Morgan fingerprint density at radius 3 is 2.73 bits per heavy atom. The predicted molar refractivity (Wildman–Crippen MR) is 115 cm³/mol. The first-order valence-electron chi connectivity index (χ1n) is 10.3. The number of amides is 1. The fourth-order valence-corrected chi connectivity index (χ4v) is 4.01. The molecule has 4 rings (SSSR count). The van der Waals surface area contributed by atoms with E-state index in [4.69, 9.17) is 4.74 Å². The van der Waals surface area contributed by atoms with E-state index in [9.17, 15) is 15.2 Å². The van der Waals surface area contributed by atoms with Crippen LogP contribution in [0, 0.1) is 11.3 Å². The summed E-state index contributed by atoms with van der Waals surface area (Å²) in [6.07, 6.45) is 0.614. The largest absolute Gasteiger partial charge is 0.491 e. The molecule has 30 heavy (non-hydrogen) atoms. The van der Waals surface area contributed by atoms with Crippen molar-refractivity contribution in [1.29, 1.82) is 5.26 Å². The van der Waals surface area contributed by atoms with E-state index in [1.807, 2.05) is 42.5 Å². The highest BCUT2D eigenvalue weighted by Gasteiger charge is 2.21. The highest BCUT2D eigenvalue weighted by molar-refractivity contribution is 5.94. The second kappa shape index (κ2) is 9.16. The summed E-state index contributed by atoms with van der Waals surface area (Å²) in [7, 11) is 0. The molecule has 2 heterocycles. The Kier molecular flexibility index (Phi) is 6.17. The second-order valence-corrected chi connectivity index (χ2v) is 7.75. The molecule has 0 aliphatic carbocycles. The van der Waals surface area contributed by atoms with E-state index in [0.717, 1.165) is 43.1 Å². The summed E-state index contributed by atoms with van der Waals surface area (Å²) in [5, 5.41) is 22.6. The van der Waals surface area contributed by atoms with Gasteiger partial charge in [-0.3, -0.25) is 9.69 Å². The highest BCUT2D eigenvalue weighted by Crippen LogP contribution is 2.27. The van der Waals surface area contributed by atoms with Gasteiger partial charge < -0.3 is 20.1 Å². The van der Waals surface area contributed by atoms with E-state index in [0.29, 0.717) is 30.7 Å². The SMILES string of the molecule is N#Cc1ccccc1N1CCN(C[C@H](O)COc2ccc3c(c2)CCC(=O)N3)CC1. The number of carbonyl (C=O) groups excluding carboxylic acids is 1. The van der Waals surface area contributed by atoms with Crippen molar-refractivity contribution in [3.63, 3.8) is 0 Å². The maximum Gasteiger partial charge on any atom is 0.224 e. The molecule has 2 aliphatic rings. The standard InChI is InChI=1S/C23H26N4O3/c24-14-18-3-1-2-4-22(18)27-11-9-26(10-12-27)15-19(28)16-30-20-6-7-21-17(13-20)5-8-23(29)25-21/h1-4,6-7,13,19,28H,5,8-12,15-16H2,(H,25,29)/t19-/m0/s1. The first kappa shape index (κ1) is 20.2. The van der Waals surface area contributed by atoms with Gasteiger partial charge in [0.25, 0.3) is 0 Å². The van der Waals surface area contributed by atoms with Crippen LogP contribution in [0.25, 0.3) is 0 Å². The van der Waals surface area contributed by atoms with Gasteiger partial charge in [-0.25, -0.2) is 0 Å². The van der Waals surface area contributed by atoms with Gasteiger partial charge in [0.1, 0.15) is 24.5 Å². The molecule has 7 nitrogen and oxygen atoms in total. The zero-order valence-corrected chi connectivity index (χ0v) is 16.9. The van der Waals surface area contributed by atoms with Gasteiger partial charge in [-0.15, -0.1) is 0 Å². The van der Waals surface area contributed by atoms with Crippen LogP contribution >= 0.6 is 0 Å². The fraction of sp³-hybridized carbons (Fsp3) is 0.391. The number of β-amino-alcohol motifs (C(OH)–C–C–N with tert-alkyl or cyclic N) is 1. The monoisotopic (exact) mass is 406 g/mol. The average molecular weight is 406 g/mol. The molecule has 0 aromatic heterocycles. The summed E-state index contributed by atoms with van der Waals surface area (Å²) in [6.45, 7) is 4.08. The number of aliphatic hydroxyl groups is 1. The lowest BCUT2D eigenvalue weighted by atomic mass is 10.0. The van der Waals surface area contributed by atoms with E-state index in [2.05, 4.69) is 21.2 Å². The van der Waals surface area contributed by atoms with Gasteiger partial charge in [0.15, 0.2) is 0 Å². The van der Waals surface area contributed by atoms with Crippen LogP contribution in [0.5, 0.6) is 5.75 Å². The van der Waals surface area contributed by atoms with Crippen LogP contribution in [0.1, 0.15) is 17.5 Å². The molecule has 2 aromatic carbocycles. The fourth-order valence-electron chi connectivity index (χ4n) is 4.01. The highest BCUT2D eigenvalue weighted by atomic mass is 16.5. The molecule has 2 aliphatic heterocycles. The number of benzene rings is 2. The lowest BCUT2D eigenvalue weighted by Gasteiger charge is -2.37. The van der Waals surface area contributed by atoms with Crippen LogP contribution in [0.3, 0.4) is 0 Å². The molecule has 0 unspecified atom stereocenters. The number of hydrogen-bond acceptors (Lipinski definition) is 6. The molecule has 2 aromatic rings. The van der Waals surface area contributed by atoms with Crippen LogP contribution < -0.4 is 15.0 Å².